The van der Waals surface area contributed by atoms with Gasteiger partial charge in [0.2, 0.25) is 0 Å². The molecule has 0 aliphatic heterocycles. The van der Waals surface area contributed by atoms with Gasteiger partial charge in [-0.05, 0) is 32.0 Å². The van der Waals surface area contributed by atoms with Gasteiger partial charge in [-0.15, -0.1) is 11.3 Å². The maximum atomic E-state index is 14.7. The first-order chi connectivity index (χ1) is 11.8. The highest BCUT2D eigenvalue weighted by molar-refractivity contribution is 7.21. The normalized spacial score (nSPS) is 11.1. The zero-order chi connectivity index (χ0) is 18.3. The van der Waals surface area contributed by atoms with E-state index in [4.69, 9.17) is 16.3 Å². The first kappa shape index (κ1) is 17.8. The molecule has 130 valence electrons. The average molecular weight is 385 g/mol. The fourth-order valence-electron chi connectivity index (χ4n) is 2.59. The molecule has 0 atom stereocenters. The molecular weight excluding hydrogens is 373 g/mol. The highest BCUT2D eigenvalue weighted by Crippen LogP contribution is 2.42. The van der Waals surface area contributed by atoms with Crippen LogP contribution in [0.15, 0.2) is 24.3 Å². The van der Waals surface area contributed by atoms with Crippen molar-refractivity contribution in [2.45, 2.75) is 13.8 Å². The minimum Gasteiger partial charge on any atom is -0.462 e. The minimum absolute atomic E-state index is 0.114. The topological polar surface area (TPSA) is 26.3 Å². The van der Waals surface area contributed by atoms with Crippen molar-refractivity contribution < 1.29 is 22.7 Å². The molecule has 0 aliphatic carbocycles. The van der Waals surface area contributed by atoms with Gasteiger partial charge in [-0.2, -0.15) is 0 Å². The number of halogens is 4. The quantitative estimate of drug-likeness (QED) is 0.401. The highest BCUT2D eigenvalue weighted by Gasteiger charge is 2.26. The Balaban J connectivity index is 2.38. The smallest absolute Gasteiger partial charge is 0.348 e. The lowest BCUT2D eigenvalue weighted by Crippen LogP contribution is -2.05. The Hall–Kier alpha value is -2.05. The molecule has 0 unspecified atom stereocenters. The van der Waals surface area contributed by atoms with Gasteiger partial charge in [0.1, 0.15) is 10.7 Å². The van der Waals surface area contributed by atoms with Crippen LogP contribution >= 0.6 is 22.9 Å². The standard InChI is InChI=1S/C18H12ClF3O2S/c1-3-24-18(23)17-14(10-5-4-9(19)6-13(10)25-17)11-7-12(20)16(22)8(2)15(11)21/h4-7H,3H2,1-2H3. The molecule has 0 saturated carbocycles. The molecule has 3 rings (SSSR count). The Kier molecular flexibility index (Phi) is 4.75. The van der Waals surface area contributed by atoms with Crippen LogP contribution in [0.25, 0.3) is 21.2 Å². The summed E-state index contributed by atoms with van der Waals surface area (Å²) < 4.78 is 47.8. The third-order valence-corrected chi connectivity index (χ3v) is 5.13. The van der Waals surface area contributed by atoms with Crippen LogP contribution < -0.4 is 0 Å². The van der Waals surface area contributed by atoms with Gasteiger partial charge in [0.25, 0.3) is 0 Å². The number of benzene rings is 2. The SMILES string of the molecule is CCOC(=O)c1sc2cc(Cl)ccc2c1-c1cc(F)c(F)c(C)c1F. The fourth-order valence-corrected chi connectivity index (χ4v) is 3.98. The summed E-state index contributed by atoms with van der Waals surface area (Å²) in [6, 6.07) is 5.58. The number of hydrogen-bond acceptors (Lipinski definition) is 3. The van der Waals surface area contributed by atoms with Gasteiger partial charge in [0.05, 0.1) is 6.61 Å². The summed E-state index contributed by atoms with van der Waals surface area (Å²) in [5.74, 6) is -4.01. The van der Waals surface area contributed by atoms with E-state index in [2.05, 4.69) is 0 Å². The Morgan fingerprint density at radius 2 is 1.92 bits per heavy atom. The lowest BCUT2D eigenvalue weighted by Gasteiger charge is -2.10. The van der Waals surface area contributed by atoms with Gasteiger partial charge in [0.15, 0.2) is 11.6 Å². The number of carbonyl (C=O) groups excluding carboxylic acids is 1. The Bertz CT molecular complexity index is 998. The van der Waals surface area contributed by atoms with Crippen LogP contribution in [0.4, 0.5) is 13.2 Å². The lowest BCUT2D eigenvalue weighted by molar-refractivity contribution is 0.0533. The van der Waals surface area contributed by atoms with Crippen molar-refractivity contribution in [3.8, 4) is 11.1 Å². The second kappa shape index (κ2) is 6.69. The van der Waals surface area contributed by atoms with Crippen LogP contribution in [0.2, 0.25) is 5.02 Å². The summed E-state index contributed by atoms with van der Waals surface area (Å²) >= 11 is 7.04. The number of ether oxygens (including phenoxy) is 1. The zero-order valence-electron chi connectivity index (χ0n) is 13.3. The molecule has 2 nitrogen and oxygen atoms in total. The highest BCUT2D eigenvalue weighted by atomic mass is 35.5. The fraction of sp³-hybridized carbons (Fsp3) is 0.167. The van der Waals surface area contributed by atoms with Gasteiger partial charge in [-0.1, -0.05) is 17.7 Å². The molecule has 1 heterocycles. The van der Waals surface area contributed by atoms with Gasteiger partial charge in [-0.25, -0.2) is 18.0 Å². The molecule has 0 aliphatic rings. The van der Waals surface area contributed by atoms with Crippen molar-refractivity contribution in [2.75, 3.05) is 6.61 Å². The number of rotatable bonds is 3. The van der Waals surface area contributed by atoms with E-state index in [1.54, 1.807) is 25.1 Å². The van der Waals surface area contributed by atoms with E-state index in [1.165, 1.54) is 0 Å². The van der Waals surface area contributed by atoms with Gasteiger partial charge >= 0.3 is 5.97 Å². The van der Waals surface area contributed by atoms with Crippen LogP contribution in [0.1, 0.15) is 22.2 Å². The third-order valence-electron chi connectivity index (χ3n) is 3.76. The summed E-state index contributed by atoms with van der Waals surface area (Å²) in [5, 5.41) is 0.958. The maximum absolute atomic E-state index is 14.7. The summed E-state index contributed by atoms with van der Waals surface area (Å²) in [6.07, 6.45) is 0. The zero-order valence-corrected chi connectivity index (χ0v) is 14.8. The largest absolute Gasteiger partial charge is 0.462 e. The Morgan fingerprint density at radius 1 is 1.20 bits per heavy atom. The van der Waals surface area contributed by atoms with Crippen molar-refractivity contribution in [3.05, 3.63) is 57.2 Å². The molecule has 1 aromatic heterocycles. The first-order valence-corrected chi connectivity index (χ1v) is 8.58. The van der Waals surface area contributed by atoms with E-state index < -0.39 is 29.0 Å². The minimum atomic E-state index is -1.25. The van der Waals surface area contributed by atoms with E-state index in [0.29, 0.717) is 15.1 Å². The molecule has 0 saturated heterocycles. The summed E-state index contributed by atoms with van der Waals surface area (Å²) in [4.78, 5) is 12.4. The van der Waals surface area contributed by atoms with Crippen molar-refractivity contribution in [1.29, 1.82) is 0 Å². The van der Waals surface area contributed by atoms with Crippen LogP contribution in [0.5, 0.6) is 0 Å². The van der Waals surface area contributed by atoms with E-state index in [0.717, 1.165) is 24.3 Å². The monoisotopic (exact) mass is 384 g/mol. The number of esters is 1. The lowest BCUT2D eigenvalue weighted by atomic mass is 9.98. The van der Waals surface area contributed by atoms with E-state index in [-0.39, 0.29) is 22.6 Å². The van der Waals surface area contributed by atoms with Crippen LogP contribution in [-0.4, -0.2) is 12.6 Å². The first-order valence-electron chi connectivity index (χ1n) is 7.38. The Morgan fingerprint density at radius 3 is 2.60 bits per heavy atom. The van der Waals surface area contributed by atoms with E-state index in [9.17, 15) is 18.0 Å². The van der Waals surface area contributed by atoms with Crippen molar-refractivity contribution in [1.82, 2.24) is 0 Å². The molecule has 2 aromatic carbocycles. The second-order valence-corrected chi connectivity index (χ2v) is 6.81. The van der Waals surface area contributed by atoms with E-state index in [1.807, 2.05) is 0 Å². The molecule has 25 heavy (non-hydrogen) atoms. The van der Waals surface area contributed by atoms with Gasteiger partial charge in [0, 0.05) is 31.8 Å². The maximum Gasteiger partial charge on any atom is 0.348 e. The number of carbonyl (C=O) groups is 1. The molecule has 0 radical (unpaired) electrons. The number of thiophene rings is 1. The van der Waals surface area contributed by atoms with Crippen molar-refractivity contribution in [3.63, 3.8) is 0 Å². The third kappa shape index (κ3) is 3.00. The molecule has 7 heteroatoms. The molecule has 0 bridgehead atoms. The average Bonchev–Trinajstić information content (AvgIpc) is 2.95. The Labute approximate surface area is 150 Å². The molecule has 3 aromatic rings. The summed E-state index contributed by atoms with van der Waals surface area (Å²) in [5.41, 5.74) is -0.458. The number of fused-ring (bicyclic) bond motifs is 1. The van der Waals surface area contributed by atoms with E-state index >= 15 is 0 Å². The van der Waals surface area contributed by atoms with Crippen LogP contribution in [-0.2, 0) is 4.74 Å². The predicted molar refractivity (Wildman–Crippen MR) is 92.8 cm³/mol. The summed E-state index contributed by atoms with van der Waals surface area (Å²) in [6.45, 7) is 2.92. The van der Waals surface area contributed by atoms with Gasteiger partial charge in [-0.3, -0.25) is 0 Å². The van der Waals surface area contributed by atoms with Crippen LogP contribution in [0, 0.1) is 24.4 Å². The number of hydrogen-bond donors (Lipinski definition) is 0. The molecule has 0 amide bonds. The molecule has 0 spiro atoms. The summed E-state index contributed by atoms with van der Waals surface area (Å²) in [7, 11) is 0. The molecule has 0 fully saturated rings. The molecule has 0 N–H and O–H groups in total. The second-order valence-electron chi connectivity index (χ2n) is 5.33. The van der Waals surface area contributed by atoms with Crippen molar-refractivity contribution >= 4 is 39.0 Å². The molecular formula is C18H12ClF3O2S. The van der Waals surface area contributed by atoms with Crippen molar-refractivity contribution in [2.24, 2.45) is 0 Å². The van der Waals surface area contributed by atoms with Crippen LogP contribution in [0.3, 0.4) is 0 Å². The van der Waals surface area contributed by atoms with Gasteiger partial charge < -0.3 is 4.74 Å². The predicted octanol–water partition coefficient (Wildman–Crippen LogP) is 6.12.